The molecule has 4 heteroatoms. The Morgan fingerprint density at radius 3 is 2.68 bits per heavy atom. The molecule has 0 bridgehead atoms. The van der Waals surface area contributed by atoms with Crippen LogP contribution in [0.1, 0.15) is 37.4 Å². The molecule has 2 aliphatic rings. The van der Waals surface area contributed by atoms with E-state index in [9.17, 15) is 0 Å². The highest BCUT2D eigenvalue weighted by molar-refractivity contribution is 5.35. The number of anilines is 1. The standard InChI is InChI=1S/C15H24N4/c1-3-16-7-14-8-17-15(18-11(14)2)19-9-12-5-4-6-13(12)10-19/h8,12-13,16H,3-7,9-10H2,1-2H3. The van der Waals surface area contributed by atoms with Gasteiger partial charge in [0.1, 0.15) is 0 Å². The van der Waals surface area contributed by atoms with Gasteiger partial charge in [0.15, 0.2) is 0 Å². The molecule has 0 aromatic carbocycles. The first-order chi connectivity index (χ1) is 9.28. The Labute approximate surface area is 115 Å². The summed E-state index contributed by atoms with van der Waals surface area (Å²) in [5.41, 5.74) is 2.33. The van der Waals surface area contributed by atoms with E-state index in [2.05, 4.69) is 29.0 Å². The summed E-state index contributed by atoms with van der Waals surface area (Å²) < 4.78 is 0. The fraction of sp³-hybridized carbons (Fsp3) is 0.733. The van der Waals surface area contributed by atoms with Crippen LogP contribution in [-0.4, -0.2) is 29.6 Å². The van der Waals surface area contributed by atoms with E-state index in [1.807, 2.05) is 6.20 Å². The van der Waals surface area contributed by atoms with E-state index in [4.69, 9.17) is 4.98 Å². The highest BCUT2D eigenvalue weighted by atomic mass is 15.3. The van der Waals surface area contributed by atoms with Gasteiger partial charge in [-0.15, -0.1) is 0 Å². The van der Waals surface area contributed by atoms with Crippen molar-refractivity contribution in [2.45, 2.75) is 39.7 Å². The average Bonchev–Trinajstić information content (AvgIpc) is 2.98. The summed E-state index contributed by atoms with van der Waals surface area (Å²) in [4.78, 5) is 11.7. The van der Waals surface area contributed by atoms with Gasteiger partial charge in [0, 0.05) is 37.1 Å². The first kappa shape index (κ1) is 12.9. The van der Waals surface area contributed by atoms with Crippen molar-refractivity contribution in [3.8, 4) is 0 Å². The molecule has 2 heterocycles. The molecule has 2 atom stereocenters. The molecule has 104 valence electrons. The summed E-state index contributed by atoms with van der Waals surface area (Å²) in [7, 11) is 0. The predicted molar refractivity (Wildman–Crippen MR) is 77.2 cm³/mol. The van der Waals surface area contributed by atoms with Gasteiger partial charge in [-0.2, -0.15) is 0 Å². The SMILES string of the molecule is CCNCc1cnc(N2CC3CCCC3C2)nc1C. The Balaban J connectivity index is 1.70. The predicted octanol–water partition coefficient (Wildman–Crippen LogP) is 2.13. The van der Waals surface area contributed by atoms with E-state index in [-0.39, 0.29) is 0 Å². The average molecular weight is 260 g/mol. The van der Waals surface area contributed by atoms with Crippen molar-refractivity contribution in [3.05, 3.63) is 17.5 Å². The normalized spacial score (nSPS) is 25.9. The van der Waals surface area contributed by atoms with E-state index in [0.717, 1.165) is 49.7 Å². The van der Waals surface area contributed by atoms with Gasteiger partial charge in [0.2, 0.25) is 5.95 Å². The molecule has 1 aromatic rings. The summed E-state index contributed by atoms with van der Waals surface area (Å²) in [5, 5.41) is 3.33. The van der Waals surface area contributed by atoms with Gasteiger partial charge in [-0.3, -0.25) is 0 Å². The number of fused-ring (bicyclic) bond motifs is 1. The van der Waals surface area contributed by atoms with Crippen LogP contribution in [0, 0.1) is 18.8 Å². The maximum Gasteiger partial charge on any atom is 0.225 e. The lowest BCUT2D eigenvalue weighted by atomic mass is 10.0. The van der Waals surface area contributed by atoms with Crippen molar-refractivity contribution in [2.75, 3.05) is 24.5 Å². The largest absolute Gasteiger partial charge is 0.340 e. The third-order valence-corrected chi connectivity index (χ3v) is 4.64. The van der Waals surface area contributed by atoms with Crippen molar-refractivity contribution in [2.24, 2.45) is 11.8 Å². The summed E-state index contributed by atoms with van der Waals surface area (Å²) in [6.07, 6.45) is 6.22. The Morgan fingerprint density at radius 2 is 2.05 bits per heavy atom. The van der Waals surface area contributed by atoms with Gasteiger partial charge < -0.3 is 10.2 Å². The lowest BCUT2D eigenvalue weighted by Gasteiger charge is -2.18. The van der Waals surface area contributed by atoms with Crippen LogP contribution in [0.15, 0.2) is 6.20 Å². The molecule has 0 amide bonds. The lowest BCUT2D eigenvalue weighted by molar-refractivity contribution is 0.494. The Kier molecular flexibility index (Phi) is 3.69. The first-order valence-electron chi connectivity index (χ1n) is 7.56. The van der Waals surface area contributed by atoms with Gasteiger partial charge >= 0.3 is 0 Å². The third kappa shape index (κ3) is 2.59. The number of nitrogens with zero attached hydrogens (tertiary/aromatic N) is 3. The van der Waals surface area contributed by atoms with Gasteiger partial charge in [0.25, 0.3) is 0 Å². The number of nitrogens with one attached hydrogen (secondary N) is 1. The van der Waals surface area contributed by atoms with E-state index in [0.29, 0.717) is 0 Å². The number of hydrogen-bond donors (Lipinski definition) is 1. The van der Waals surface area contributed by atoms with Gasteiger partial charge in [-0.1, -0.05) is 13.3 Å². The molecule has 19 heavy (non-hydrogen) atoms. The molecular weight excluding hydrogens is 236 g/mol. The Morgan fingerprint density at radius 1 is 1.32 bits per heavy atom. The first-order valence-corrected chi connectivity index (χ1v) is 7.56. The second-order valence-corrected chi connectivity index (χ2v) is 5.92. The molecule has 1 aromatic heterocycles. The van der Waals surface area contributed by atoms with E-state index in [1.54, 1.807) is 0 Å². The minimum absolute atomic E-state index is 0.869. The number of rotatable bonds is 4. The molecule has 1 saturated heterocycles. The maximum absolute atomic E-state index is 4.71. The van der Waals surface area contributed by atoms with Crippen molar-refractivity contribution >= 4 is 5.95 Å². The molecular formula is C15H24N4. The third-order valence-electron chi connectivity index (χ3n) is 4.64. The monoisotopic (exact) mass is 260 g/mol. The number of aromatic nitrogens is 2. The molecule has 1 N–H and O–H groups in total. The minimum atomic E-state index is 0.869. The molecule has 2 unspecified atom stereocenters. The van der Waals surface area contributed by atoms with Crippen LogP contribution < -0.4 is 10.2 Å². The molecule has 1 aliphatic carbocycles. The van der Waals surface area contributed by atoms with Gasteiger partial charge in [-0.25, -0.2) is 9.97 Å². The van der Waals surface area contributed by atoms with Crippen molar-refractivity contribution in [1.29, 1.82) is 0 Å². The smallest absolute Gasteiger partial charge is 0.225 e. The van der Waals surface area contributed by atoms with Gasteiger partial charge in [-0.05, 0) is 38.1 Å². The minimum Gasteiger partial charge on any atom is -0.340 e. The number of aryl methyl sites for hydroxylation is 1. The second-order valence-electron chi connectivity index (χ2n) is 5.92. The summed E-state index contributed by atoms with van der Waals surface area (Å²) in [5.74, 6) is 2.72. The molecule has 1 aliphatic heterocycles. The zero-order valence-electron chi connectivity index (χ0n) is 12.0. The molecule has 4 nitrogen and oxygen atoms in total. The molecule has 2 fully saturated rings. The van der Waals surface area contributed by atoms with Crippen LogP contribution in [0.2, 0.25) is 0 Å². The van der Waals surface area contributed by atoms with Crippen LogP contribution in [-0.2, 0) is 6.54 Å². The molecule has 0 radical (unpaired) electrons. The van der Waals surface area contributed by atoms with E-state index >= 15 is 0 Å². The number of hydrogen-bond acceptors (Lipinski definition) is 4. The summed E-state index contributed by atoms with van der Waals surface area (Å²) in [6.45, 7) is 8.39. The van der Waals surface area contributed by atoms with Crippen LogP contribution in [0.3, 0.4) is 0 Å². The lowest BCUT2D eigenvalue weighted by Crippen LogP contribution is -2.24. The van der Waals surface area contributed by atoms with Crippen molar-refractivity contribution in [1.82, 2.24) is 15.3 Å². The van der Waals surface area contributed by atoms with E-state index in [1.165, 1.54) is 24.8 Å². The fourth-order valence-corrected chi connectivity index (χ4v) is 3.46. The summed E-state index contributed by atoms with van der Waals surface area (Å²) in [6, 6.07) is 0. The summed E-state index contributed by atoms with van der Waals surface area (Å²) >= 11 is 0. The van der Waals surface area contributed by atoms with E-state index < -0.39 is 0 Å². The molecule has 0 spiro atoms. The van der Waals surface area contributed by atoms with Crippen LogP contribution >= 0.6 is 0 Å². The second kappa shape index (κ2) is 5.45. The molecule has 3 rings (SSSR count). The highest BCUT2D eigenvalue weighted by Gasteiger charge is 2.37. The fourth-order valence-electron chi connectivity index (χ4n) is 3.46. The van der Waals surface area contributed by atoms with Gasteiger partial charge in [0.05, 0.1) is 0 Å². The van der Waals surface area contributed by atoms with Crippen LogP contribution in [0.5, 0.6) is 0 Å². The van der Waals surface area contributed by atoms with Crippen LogP contribution in [0.4, 0.5) is 5.95 Å². The topological polar surface area (TPSA) is 41.1 Å². The zero-order valence-corrected chi connectivity index (χ0v) is 12.0. The highest BCUT2D eigenvalue weighted by Crippen LogP contribution is 2.38. The van der Waals surface area contributed by atoms with Crippen molar-refractivity contribution < 1.29 is 0 Å². The Hall–Kier alpha value is -1.16. The zero-order chi connectivity index (χ0) is 13.2. The Bertz CT molecular complexity index is 434. The quantitative estimate of drug-likeness (QED) is 0.900. The maximum atomic E-state index is 4.71. The molecule has 1 saturated carbocycles. The van der Waals surface area contributed by atoms with Crippen molar-refractivity contribution in [3.63, 3.8) is 0 Å². The van der Waals surface area contributed by atoms with Crippen LogP contribution in [0.25, 0.3) is 0 Å².